The minimum absolute atomic E-state index is 0.0539. The molecule has 0 spiro atoms. The molecule has 3 aliphatic rings. The van der Waals surface area contributed by atoms with Crippen molar-refractivity contribution in [3.05, 3.63) is 62.3 Å². The van der Waals surface area contributed by atoms with Gasteiger partial charge in [0.05, 0.1) is 30.4 Å². The van der Waals surface area contributed by atoms with E-state index in [1.165, 1.54) is 30.6 Å². The van der Waals surface area contributed by atoms with Gasteiger partial charge in [-0.25, -0.2) is 19.0 Å². The van der Waals surface area contributed by atoms with E-state index in [0.29, 0.717) is 52.0 Å². The fourth-order valence-electron chi connectivity index (χ4n) is 5.88. The van der Waals surface area contributed by atoms with Crippen LogP contribution in [-0.2, 0) is 19.1 Å². The number of rotatable bonds is 11. The molecule has 2 aromatic rings. The zero-order chi connectivity index (χ0) is 31.5. The van der Waals surface area contributed by atoms with E-state index >= 15 is 0 Å². The number of carbonyl (C=O) groups is 3. The third-order valence-electron chi connectivity index (χ3n) is 8.12. The van der Waals surface area contributed by atoms with Crippen LogP contribution in [0.2, 0.25) is 5.02 Å². The normalized spacial score (nSPS) is 22.0. The Morgan fingerprint density at radius 1 is 1.30 bits per heavy atom. The average Bonchev–Trinajstić information content (AvgIpc) is 3.52. The van der Waals surface area contributed by atoms with Crippen molar-refractivity contribution < 1.29 is 28.2 Å². The Kier molecular flexibility index (Phi) is 10.6. The van der Waals surface area contributed by atoms with E-state index in [1.54, 1.807) is 31.0 Å². The van der Waals surface area contributed by atoms with Gasteiger partial charge >= 0.3 is 18.0 Å². The first kappa shape index (κ1) is 32.8. The van der Waals surface area contributed by atoms with E-state index in [1.807, 2.05) is 37.8 Å². The van der Waals surface area contributed by atoms with Gasteiger partial charge in [0, 0.05) is 49.9 Å². The highest BCUT2D eigenvalue weighted by atomic mass is 127. The number of nitrogens with zero attached hydrogens (tertiary/aromatic N) is 5. The summed E-state index contributed by atoms with van der Waals surface area (Å²) < 4.78 is 26.0. The maximum atomic E-state index is 14.8. The van der Waals surface area contributed by atoms with Crippen molar-refractivity contribution >= 4 is 67.2 Å². The summed E-state index contributed by atoms with van der Waals surface area (Å²) in [6.07, 6.45) is 3.88. The number of fused-ring (bicyclic) bond motifs is 1. The number of amides is 2. The SMILES string of the molecule is CCOC(=O)/C(=C(/C)CN1CCN2C(=O)N(CC3CC3)C[C@H]2[C@@H]1C(=O)OC)[C@@H](/N=C(\I)c1nccs1)c1cccc(F)c1Cl. The largest absolute Gasteiger partial charge is 0.468 e. The Balaban J connectivity index is 1.55. The fraction of sp³-hybridized carbons (Fsp3) is 0.500. The number of benzene rings is 1. The molecule has 3 heterocycles. The molecule has 3 atom stereocenters. The third-order valence-corrected chi connectivity index (χ3v) is 10.5. The van der Waals surface area contributed by atoms with E-state index in [4.69, 9.17) is 26.1 Å². The van der Waals surface area contributed by atoms with Gasteiger partial charge in [0.1, 0.15) is 26.6 Å². The number of methoxy groups -OCH3 is 1. The van der Waals surface area contributed by atoms with Crippen molar-refractivity contribution in [2.45, 2.75) is 44.8 Å². The quantitative estimate of drug-likeness (QED) is 0.136. The second-order valence-electron chi connectivity index (χ2n) is 11.0. The molecule has 2 amide bonds. The number of ether oxygens (including phenoxy) is 2. The molecule has 1 aromatic carbocycles. The Bertz CT molecular complexity index is 1470. The number of aromatic nitrogens is 1. The molecule has 1 aliphatic carbocycles. The Labute approximate surface area is 278 Å². The lowest BCUT2D eigenvalue weighted by Gasteiger charge is -2.42. The Morgan fingerprint density at radius 2 is 2.07 bits per heavy atom. The molecule has 44 heavy (non-hydrogen) atoms. The highest BCUT2D eigenvalue weighted by molar-refractivity contribution is 14.1. The predicted molar refractivity (Wildman–Crippen MR) is 174 cm³/mol. The van der Waals surface area contributed by atoms with Gasteiger partial charge in [-0.2, -0.15) is 0 Å². The Hall–Kier alpha value is -2.62. The first-order valence-corrected chi connectivity index (χ1v) is 16.8. The standard InChI is InChI=1S/C30H34ClFIN5O5S/c1-4-43-28(39)22(24(19-6-5-7-20(32)23(19)31)35-26(33)27-34-10-13-44-27)17(2)14-36-11-12-38-21(25(36)29(40)42-3)16-37(30(38)41)15-18-8-9-18/h5-7,10,13,18,21,24-25H,4,8-9,11-12,14-16H2,1-3H3/b22-17-,35-26-/t21-,24-,25+/m0/s1. The number of hydrogen-bond acceptors (Lipinski definition) is 9. The molecule has 236 valence electrons. The summed E-state index contributed by atoms with van der Waals surface area (Å²) in [6, 6.07) is 2.19. The monoisotopic (exact) mass is 757 g/mol. The topological polar surface area (TPSA) is 105 Å². The number of esters is 2. The van der Waals surface area contributed by atoms with Gasteiger partial charge in [0.2, 0.25) is 0 Å². The van der Waals surface area contributed by atoms with Gasteiger partial charge in [-0.3, -0.25) is 14.7 Å². The number of thiazole rings is 1. The van der Waals surface area contributed by atoms with Crippen LogP contribution in [-0.4, -0.2) is 99.9 Å². The van der Waals surface area contributed by atoms with Crippen LogP contribution in [0, 0.1) is 11.7 Å². The van der Waals surface area contributed by atoms with Crippen LogP contribution in [0.25, 0.3) is 0 Å². The molecule has 5 rings (SSSR count). The van der Waals surface area contributed by atoms with Crippen molar-refractivity contribution in [2.75, 3.05) is 46.4 Å². The predicted octanol–water partition coefficient (Wildman–Crippen LogP) is 5.11. The van der Waals surface area contributed by atoms with Crippen LogP contribution in [0.3, 0.4) is 0 Å². The number of piperazine rings is 1. The van der Waals surface area contributed by atoms with E-state index in [2.05, 4.69) is 4.98 Å². The van der Waals surface area contributed by atoms with E-state index in [9.17, 15) is 18.8 Å². The molecule has 3 fully saturated rings. The maximum absolute atomic E-state index is 14.8. The number of carbonyl (C=O) groups excluding carboxylic acids is 3. The molecule has 14 heteroatoms. The smallest absolute Gasteiger partial charge is 0.336 e. The molecule has 0 radical (unpaired) electrons. The summed E-state index contributed by atoms with van der Waals surface area (Å²) in [7, 11) is 1.34. The minimum atomic E-state index is -1.02. The van der Waals surface area contributed by atoms with Crippen molar-refractivity contribution in [2.24, 2.45) is 10.9 Å². The maximum Gasteiger partial charge on any atom is 0.336 e. The summed E-state index contributed by atoms with van der Waals surface area (Å²) in [5, 5.41) is 2.29. The zero-order valence-electron chi connectivity index (χ0n) is 24.7. The van der Waals surface area contributed by atoms with Crippen LogP contribution >= 0.6 is 45.5 Å². The Morgan fingerprint density at radius 3 is 2.73 bits per heavy atom. The minimum Gasteiger partial charge on any atom is -0.468 e. The second-order valence-corrected chi connectivity index (χ2v) is 13.3. The number of urea groups is 1. The van der Waals surface area contributed by atoms with Gasteiger partial charge in [-0.05, 0) is 66.8 Å². The molecular weight excluding hydrogens is 724 g/mol. The van der Waals surface area contributed by atoms with Gasteiger partial charge in [-0.15, -0.1) is 11.3 Å². The van der Waals surface area contributed by atoms with Crippen LogP contribution in [0.15, 0.2) is 45.9 Å². The molecule has 0 unspecified atom stereocenters. The number of halogens is 3. The highest BCUT2D eigenvalue weighted by Crippen LogP contribution is 2.38. The molecule has 0 bridgehead atoms. The zero-order valence-corrected chi connectivity index (χ0v) is 28.4. The van der Waals surface area contributed by atoms with Crippen LogP contribution in [0.5, 0.6) is 0 Å². The van der Waals surface area contributed by atoms with E-state index in [-0.39, 0.29) is 29.8 Å². The second kappa shape index (κ2) is 14.2. The van der Waals surface area contributed by atoms with Crippen LogP contribution < -0.4 is 0 Å². The third kappa shape index (κ3) is 6.95. The van der Waals surface area contributed by atoms with Crippen molar-refractivity contribution in [1.82, 2.24) is 19.7 Å². The lowest BCUT2D eigenvalue weighted by molar-refractivity contribution is -0.150. The average molecular weight is 758 g/mol. The summed E-state index contributed by atoms with van der Waals surface area (Å²) in [4.78, 5) is 54.9. The molecule has 0 N–H and O–H groups in total. The summed E-state index contributed by atoms with van der Waals surface area (Å²) in [5.41, 5.74) is 1.06. The van der Waals surface area contributed by atoms with Crippen molar-refractivity contribution in [1.29, 1.82) is 0 Å². The van der Waals surface area contributed by atoms with Gasteiger partial charge in [-0.1, -0.05) is 23.7 Å². The summed E-state index contributed by atoms with van der Waals surface area (Å²) >= 11 is 9.91. The molecule has 10 nitrogen and oxygen atoms in total. The lowest BCUT2D eigenvalue weighted by Crippen LogP contribution is -2.62. The molecular formula is C30H34ClFIN5O5S. The van der Waals surface area contributed by atoms with Crippen molar-refractivity contribution in [3.8, 4) is 0 Å². The lowest BCUT2D eigenvalue weighted by atomic mass is 9.93. The molecule has 2 aliphatic heterocycles. The number of hydrogen-bond donors (Lipinski definition) is 0. The fourth-order valence-corrected chi connectivity index (χ4v) is 7.43. The van der Waals surface area contributed by atoms with Gasteiger partial charge < -0.3 is 19.3 Å². The van der Waals surface area contributed by atoms with E-state index in [0.717, 1.165) is 12.8 Å². The first-order valence-electron chi connectivity index (χ1n) is 14.5. The van der Waals surface area contributed by atoms with E-state index < -0.39 is 35.9 Å². The first-order chi connectivity index (χ1) is 21.1. The van der Waals surface area contributed by atoms with Crippen molar-refractivity contribution in [3.63, 3.8) is 0 Å². The molecule has 1 aromatic heterocycles. The molecule has 2 saturated heterocycles. The number of aliphatic imine (C=N–C) groups is 1. The van der Waals surface area contributed by atoms with Crippen LogP contribution in [0.1, 0.15) is 43.3 Å². The van der Waals surface area contributed by atoms with Gasteiger partial charge in [0.15, 0.2) is 0 Å². The highest BCUT2D eigenvalue weighted by Gasteiger charge is 2.50. The summed E-state index contributed by atoms with van der Waals surface area (Å²) in [5.74, 6) is -1.20. The summed E-state index contributed by atoms with van der Waals surface area (Å²) in [6.45, 7) is 5.71. The van der Waals surface area contributed by atoms with Gasteiger partial charge in [0.25, 0.3) is 0 Å². The molecule has 1 saturated carbocycles. The van der Waals surface area contributed by atoms with Crippen LogP contribution in [0.4, 0.5) is 9.18 Å².